The minimum Gasteiger partial charge on any atom is -0.598 e. The van der Waals surface area contributed by atoms with Crippen LogP contribution in [0, 0.1) is 12.3 Å². The maximum atomic E-state index is 12.8. The largest absolute Gasteiger partial charge is 0.598 e. The molecule has 35 heavy (non-hydrogen) atoms. The summed E-state index contributed by atoms with van der Waals surface area (Å²) in [6.07, 6.45) is 9.38. The summed E-state index contributed by atoms with van der Waals surface area (Å²) in [5.74, 6) is 0.910. The van der Waals surface area contributed by atoms with Crippen molar-refractivity contribution in [3.63, 3.8) is 0 Å². The molecule has 1 aliphatic heterocycles. The minimum absolute atomic E-state index is 0.203. The fourth-order valence-electron chi connectivity index (χ4n) is 5.69. The molecular formula is C26H33Cl2N5OS. The molecule has 3 heterocycles. The normalized spacial score (nSPS) is 21.2. The van der Waals surface area contributed by atoms with Gasteiger partial charge >= 0.3 is 0 Å². The Morgan fingerprint density at radius 1 is 1.17 bits per heavy atom. The van der Waals surface area contributed by atoms with E-state index in [9.17, 15) is 4.55 Å². The lowest BCUT2D eigenvalue weighted by atomic mass is 9.74. The average Bonchev–Trinajstić information content (AvgIpc) is 3.44. The summed E-state index contributed by atoms with van der Waals surface area (Å²) in [6, 6.07) is 5.96. The first-order valence-corrected chi connectivity index (χ1v) is 14.2. The molecule has 1 saturated carbocycles. The van der Waals surface area contributed by atoms with Gasteiger partial charge in [-0.3, -0.25) is 4.40 Å². The van der Waals surface area contributed by atoms with Crippen molar-refractivity contribution in [2.24, 2.45) is 5.41 Å². The van der Waals surface area contributed by atoms with Gasteiger partial charge in [0.05, 0.1) is 21.8 Å². The van der Waals surface area contributed by atoms with Gasteiger partial charge in [-0.05, 0) is 64.9 Å². The maximum Gasteiger partial charge on any atom is 0.211 e. The summed E-state index contributed by atoms with van der Waals surface area (Å²) >= 11 is 11.8. The third-order valence-corrected chi connectivity index (χ3v) is 10.1. The number of hydrogen-bond acceptors (Lipinski definition) is 5. The number of piperidine rings is 1. The van der Waals surface area contributed by atoms with Crippen molar-refractivity contribution in [3.8, 4) is 11.1 Å². The molecule has 0 unspecified atom stereocenters. The van der Waals surface area contributed by atoms with Crippen LogP contribution in [0.15, 0.2) is 30.6 Å². The number of hydrogen-bond donors (Lipinski definition) is 1. The first-order chi connectivity index (χ1) is 16.6. The molecule has 0 radical (unpaired) electrons. The van der Waals surface area contributed by atoms with Gasteiger partial charge in [0.25, 0.3) is 0 Å². The van der Waals surface area contributed by atoms with E-state index in [1.165, 1.54) is 12.8 Å². The average molecular weight is 535 g/mol. The molecule has 9 heteroatoms. The zero-order valence-corrected chi connectivity index (χ0v) is 23.1. The van der Waals surface area contributed by atoms with E-state index in [-0.39, 0.29) is 10.2 Å². The number of rotatable bonds is 4. The Balaban J connectivity index is 1.42. The molecule has 1 aliphatic carbocycles. The summed E-state index contributed by atoms with van der Waals surface area (Å²) < 4.78 is 18.1. The number of nitrogens with one attached hydrogen (secondary N) is 1. The smallest absolute Gasteiger partial charge is 0.211 e. The van der Waals surface area contributed by atoms with E-state index in [0.29, 0.717) is 16.1 Å². The van der Waals surface area contributed by atoms with Crippen LogP contribution < -0.4 is 9.62 Å². The molecule has 1 saturated heterocycles. The first kappa shape index (κ1) is 25.2. The van der Waals surface area contributed by atoms with Gasteiger partial charge in [0, 0.05) is 48.0 Å². The van der Waals surface area contributed by atoms with Crippen molar-refractivity contribution >= 4 is 46.2 Å². The Kier molecular flexibility index (Phi) is 6.77. The minimum atomic E-state index is -1.05. The number of fused-ring (bicyclic) bond motifs is 1. The lowest BCUT2D eigenvalue weighted by Crippen LogP contribution is -2.53. The highest BCUT2D eigenvalue weighted by Gasteiger charge is 2.48. The summed E-state index contributed by atoms with van der Waals surface area (Å²) in [4.78, 5) is 12.1. The van der Waals surface area contributed by atoms with E-state index in [1.54, 1.807) is 6.07 Å². The van der Waals surface area contributed by atoms with E-state index in [0.717, 1.165) is 60.8 Å². The van der Waals surface area contributed by atoms with Crippen LogP contribution in [0.1, 0.15) is 58.6 Å². The van der Waals surface area contributed by atoms with Crippen molar-refractivity contribution < 1.29 is 4.55 Å². The number of aryl methyl sites for hydroxylation is 1. The van der Waals surface area contributed by atoms with Gasteiger partial charge in [-0.25, -0.2) is 9.97 Å². The molecule has 1 aromatic carbocycles. The number of nitrogens with zero attached hydrogens (tertiary/aromatic N) is 4. The number of halogens is 2. The van der Waals surface area contributed by atoms with Crippen LogP contribution in [0.3, 0.4) is 0 Å². The molecule has 2 fully saturated rings. The molecule has 0 amide bonds. The number of imidazole rings is 1. The van der Waals surface area contributed by atoms with Crippen molar-refractivity contribution in [2.45, 2.75) is 70.6 Å². The van der Waals surface area contributed by atoms with Crippen LogP contribution in [0.4, 0.5) is 5.95 Å². The van der Waals surface area contributed by atoms with Gasteiger partial charge in [-0.15, -0.1) is 4.72 Å². The van der Waals surface area contributed by atoms with E-state index < -0.39 is 11.4 Å². The molecule has 2 aliphatic rings. The third kappa shape index (κ3) is 4.55. The SMILES string of the molecule is Cc1nc(N2CCC3(CCC[C@H]3N[S@+]([O-])C(C)(C)C)CC2)n2ccnc2c1-c1cccc(Cl)c1Cl. The Morgan fingerprint density at radius 3 is 2.63 bits per heavy atom. The predicted octanol–water partition coefficient (Wildman–Crippen LogP) is 6.20. The van der Waals surface area contributed by atoms with Crippen LogP contribution in [0.2, 0.25) is 10.0 Å². The molecule has 1 N–H and O–H groups in total. The second-order valence-electron chi connectivity index (χ2n) is 10.9. The zero-order chi connectivity index (χ0) is 25.0. The fraction of sp³-hybridized carbons (Fsp3) is 0.538. The molecule has 1 spiro atoms. The number of anilines is 1. The van der Waals surface area contributed by atoms with Gasteiger partial charge in [0.2, 0.25) is 5.95 Å². The van der Waals surface area contributed by atoms with E-state index >= 15 is 0 Å². The highest BCUT2D eigenvalue weighted by Crippen LogP contribution is 2.48. The number of aromatic nitrogens is 3. The van der Waals surface area contributed by atoms with Gasteiger partial charge in [-0.1, -0.05) is 41.8 Å². The highest BCUT2D eigenvalue weighted by atomic mass is 35.5. The van der Waals surface area contributed by atoms with Crippen LogP contribution in [-0.2, 0) is 11.4 Å². The summed E-state index contributed by atoms with van der Waals surface area (Å²) in [7, 11) is 0. The Morgan fingerprint density at radius 2 is 1.91 bits per heavy atom. The predicted molar refractivity (Wildman–Crippen MR) is 146 cm³/mol. The Labute approximate surface area is 220 Å². The van der Waals surface area contributed by atoms with Crippen LogP contribution in [0.5, 0.6) is 0 Å². The maximum absolute atomic E-state index is 12.8. The quantitative estimate of drug-likeness (QED) is 0.404. The molecular weight excluding hydrogens is 501 g/mol. The zero-order valence-electron chi connectivity index (χ0n) is 20.8. The van der Waals surface area contributed by atoms with Crippen molar-refractivity contribution in [1.29, 1.82) is 0 Å². The van der Waals surface area contributed by atoms with Crippen LogP contribution >= 0.6 is 23.2 Å². The summed E-state index contributed by atoms with van der Waals surface area (Å²) in [5.41, 5.74) is 3.66. The Hall–Kier alpha value is -1.51. The fourth-order valence-corrected chi connectivity index (χ4v) is 7.06. The third-order valence-electron chi connectivity index (χ3n) is 7.68. The van der Waals surface area contributed by atoms with Crippen LogP contribution in [0.25, 0.3) is 16.8 Å². The highest BCUT2D eigenvalue weighted by molar-refractivity contribution is 7.90. The Bertz CT molecular complexity index is 1230. The van der Waals surface area contributed by atoms with E-state index in [4.69, 9.17) is 28.2 Å². The second kappa shape index (κ2) is 9.42. The molecule has 5 rings (SSSR count). The summed E-state index contributed by atoms with van der Waals surface area (Å²) in [6.45, 7) is 9.93. The first-order valence-electron chi connectivity index (χ1n) is 12.3. The molecule has 2 aromatic heterocycles. The molecule has 6 nitrogen and oxygen atoms in total. The topological polar surface area (TPSA) is 68.5 Å². The van der Waals surface area contributed by atoms with Gasteiger partial charge in [0.1, 0.15) is 10.4 Å². The van der Waals surface area contributed by atoms with Crippen molar-refractivity contribution in [3.05, 3.63) is 46.3 Å². The lowest BCUT2D eigenvalue weighted by molar-refractivity contribution is 0.186. The van der Waals surface area contributed by atoms with E-state index in [2.05, 4.69) is 19.0 Å². The molecule has 0 bridgehead atoms. The molecule has 188 valence electrons. The monoisotopic (exact) mass is 533 g/mol. The number of benzene rings is 1. The molecule has 3 aromatic rings. The standard InChI is InChI=1S/C26H33Cl2N5OS/c1-17-21(18-7-5-8-19(27)22(18)28)23-29-13-16-33(23)24(30-17)32-14-11-26(12-15-32)10-6-9-20(26)31-35(34)25(2,3)4/h5,7-8,13,16,20,31H,6,9-12,14-15H2,1-4H3/t20-,35-/m1/s1. The van der Waals surface area contributed by atoms with Gasteiger partial charge in [-0.2, -0.15) is 0 Å². The van der Waals surface area contributed by atoms with Crippen molar-refractivity contribution in [1.82, 2.24) is 19.1 Å². The van der Waals surface area contributed by atoms with Gasteiger partial charge in [0.15, 0.2) is 0 Å². The molecule has 2 atom stereocenters. The lowest BCUT2D eigenvalue weighted by Gasteiger charge is -2.44. The van der Waals surface area contributed by atoms with Gasteiger partial charge < -0.3 is 9.45 Å². The second-order valence-corrected chi connectivity index (χ2v) is 13.7. The summed E-state index contributed by atoms with van der Waals surface area (Å²) in [5, 5.41) is 1.04. The van der Waals surface area contributed by atoms with E-state index in [1.807, 2.05) is 52.2 Å². The van der Waals surface area contributed by atoms with Crippen molar-refractivity contribution in [2.75, 3.05) is 18.0 Å². The van der Waals surface area contributed by atoms with Crippen LogP contribution in [-0.4, -0.2) is 42.8 Å².